The summed E-state index contributed by atoms with van der Waals surface area (Å²) in [6, 6.07) is 13.6. The predicted molar refractivity (Wildman–Crippen MR) is 118 cm³/mol. The first kappa shape index (κ1) is 20.4. The Morgan fingerprint density at radius 1 is 0.969 bits per heavy atom. The van der Waals surface area contributed by atoms with Crippen LogP contribution in [0.25, 0.3) is 22.2 Å². The third-order valence-corrected chi connectivity index (χ3v) is 5.70. The summed E-state index contributed by atoms with van der Waals surface area (Å²) in [6.07, 6.45) is -0.699. The fourth-order valence-electron chi connectivity index (χ4n) is 4.08. The molecular formula is C24H20F3N5. The highest BCUT2D eigenvalue weighted by Gasteiger charge is 2.34. The molecule has 0 saturated carbocycles. The zero-order chi connectivity index (χ0) is 22.3. The molecule has 0 spiro atoms. The number of halogens is 3. The lowest BCUT2D eigenvalue weighted by Crippen LogP contribution is -2.26. The zero-order valence-corrected chi connectivity index (χ0v) is 17.3. The fraction of sp³-hybridized carbons (Fsp3) is 0.208. The third-order valence-electron chi connectivity index (χ3n) is 5.70. The number of nitrogens with zero attached hydrogens (tertiary/aromatic N) is 4. The van der Waals surface area contributed by atoms with Gasteiger partial charge in [-0.1, -0.05) is 12.1 Å². The Morgan fingerprint density at radius 2 is 1.84 bits per heavy atom. The van der Waals surface area contributed by atoms with Crippen LogP contribution >= 0.6 is 0 Å². The van der Waals surface area contributed by atoms with E-state index in [0.29, 0.717) is 16.9 Å². The summed E-state index contributed by atoms with van der Waals surface area (Å²) in [7, 11) is 2.10. The van der Waals surface area contributed by atoms with E-state index in [9.17, 15) is 13.2 Å². The Kier molecular flexibility index (Phi) is 5.01. The van der Waals surface area contributed by atoms with Crippen molar-refractivity contribution in [2.75, 3.05) is 18.9 Å². The normalized spacial score (nSPS) is 14.4. The maximum Gasteiger partial charge on any atom is 0.418 e. The van der Waals surface area contributed by atoms with Crippen LogP contribution in [0.4, 0.5) is 24.7 Å². The van der Waals surface area contributed by atoms with Crippen LogP contribution in [0.2, 0.25) is 0 Å². The standard InChI is InChI=1S/C24H20F3N5/c1-32-10-8-15-4-6-18(11-17(15)13-32)31-23-19-7-5-16(12-21(19)29-14-30-23)22-20(24(25,26)27)3-2-9-28-22/h2-7,9,11-12,14H,8,10,13H2,1H3,(H,29,30,31). The highest BCUT2D eigenvalue weighted by Crippen LogP contribution is 2.37. The largest absolute Gasteiger partial charge is 0.418 e. The van der Waals surface area contributed by atoms with E-state index in [-0.39, 0.29) is 5.69 Å². The summed E-state index contributed by atoms with van der Waals surface area (Å²) in [4.78, 5) is 14.9. The monoisotopic (exact) mass is 435 g/mol. The summed E-state index contributed by atoms with van der Waals surface area (Å²) in [5.41, 5.74) is 3.54. The second-order valence-corrected chi connectivity index (χ2v) is 7.95. The average molecular weight is 435 g/mol. The first-order valence-electron chi connectivity index (χ1n) is 10.2. The molecule has 4 aromatic rings. The van der Waals surface area contributed by atoms with E-state index >= 15 is 0 Å². The third kappa shape index (κ3) is 3.89. The Labute approximate surface area is 183 Å². The highest BCUT2D eigenvalue weighted by atomic mass is 19.4. The maximum atomic E-state index is 13.4. The van der Waals surface area contributed by atoms with E-state index in [0.717, 1.165) is 36.7 Å². The van der Waals surface area contributed by atoms with Crippen LogP contribution in [-0.4, -0.2) is 33.4 Å². The summed E-state index contributed by atoms with van der Waals surface area (Å²) >= 11 is 0. The van der Waals surface area contributed by atoms with Crippen LogP contribution in [0.5, 0.6) is 0 Å². The van der Waals surface area contributed by atoms with Gasteiger partial charge in [-0.25, -0.2) is 9.97 Å². The lowest BCUT2D eigenvalue weighted by molar-refractivity contribution is -0.137. The number of rotatable bonds is 3. The Hall–Kier alpha value is -3.52. The minimum absolute atomic E-state index is 0.117. The molecule has 0 atom stereocenters. The molecule has 0 fully saturated rings. The number of likely N-dealkylation sites (N-methyl/N-ethyl adjacent to an activating group) is 1. The molecule has 0 radical (unpaired) electrons. The molecule has 0 bridgehead atoms. The predicted octanol–water partition coefficient (Wildman–Crippen LogP) is 5.44. The van der Waals surface area contributed by atoms with Gasteiger partial charge in [-0.3, -0.25) is 4.98 Å². The minimum Gasteiger partial charge on any atom is -0.340 e. The molecule has 0 aliphatic carbocycles. The molecule has 5 nitrogen and oxygen atoms in total. The number of pyridine rings is 1. The van der Waals surface area contributed by atoms with E-state index in [1.165, 1.54) is 29.7 Å². The Balaban J connectivity index is 1.51. The molecular weight excluding hydrogens is 415 g/mol. The van der Waals surface area contributed by atoms with Crippen molar-refractivity contribution in [3.63, 3.8) is 0 Å². The molecule has 5 rings (SSSR count). The summed E-state index contributed by atoms with van der Waals surface area (Å²) < 4.78 is 40.3. The van der Waals surface area contributed by atoms with E-state index in [4.69, 9.17) is 0 Å². The molecule has 2 aromatic heterocycles. The van der Waals surface area contributed by atoms with E-state index < -0.39 is 11.7 Å². The van der Waals surface area contributed by atoms with Gasteiger partial charge in [0.15, 0.2) is 0 Å². The van der Waals surface area contributed by atoms with Gasteiger partial charge in [0, 0.05) is 35.9 Å². The topological polar surface area (TPSA) is 53.9 Å². The van der Waals surface area contributed by atoms with Crippen molar-refractivity contribution < 1.29 is 13.2 Å². The first-order valence-corrected chi connectivity index (χ1v) is 10.2. The minimum atomic E-state index is -4.49. The van der Waals surface area contributed by atoms with E-state index in [1.807, 2.05) is 6.07 Å². The molecule has 1 N–H and O–H groups in total. The maximum absolute atomic E-state index is 13.4. The molecule has 162 valence electrons. The van der Waals surface area contributed by atoms with Crippen LogP contribution in [0.1, 0.15) is 16.7 Å². The molecule has 8 heteroatoms. The summed E-state index contributed by atoms with van der Waals surface area (Å²) in [6.45, 7) is 1.94. The van der Waals surface area contributed by atoms with Crippen molar-refractivity contribution in [1.29, 1.82) is 0 Å². The fourth-order valence-corrected chi connectivity index (χ4v) is 4.08. The van der Waals surface area contributed by atoms with Crippen LogP contribution < -0.4 is 5.32 Å². The van der Waals surface area contributed by atoms with Crippen LogP contribution in [0.3, 0.4) is 0 Å². The van der Waals surface area contributed by atoms with E-state index in [1.54, 1.807) is 18.2 Å². The van der Waals surface area contributed by atoms with Crippen molar-refractivity contribution in [2.45, 2.75) is 19.1 Å². The molecule has 0 unspecified atom stereocenters. The van der Waals surface area contributed by atoms with Crippen LogP contribution in [-0.2, 0) is 19.1 Å². The number of hydrogen-bond acceptors (Lipinski definition) is 5. The van der Waals surface area contributed by atoms with Gasteiger partial charge in [-0.05, 0) is 61.0 Å². The van der Waals surface area contributed by atoms with Gasteiger partial charge in [0.25, 0.3) is 0 Å². The number of benzene rings is 2. The average Bonchev–Trinajstić information content (AvgIpc) is 2.78. The SMILES string of the molecule is CN1CCc2ccc(Nc3ncnc4cc(-c5ncccc5C(F)(F)F)ccc34)cc2C1. The summed E-state index contributed by atoms with van der Waals surface area (Å²) in [5, 5.41) is 4.06. The summed E-state index contributed by atoms with van der Waals surface area (Å²) in [5.74, 6) is 0.600. The number of hydrogen-bond donors (Lipinski definition) is 1. The Morgan fingerprint density at radius 3 is 2.69 bits per heavy atom. The quantitative estimate of drug-likeness (QED) is 0.464. The molecule has 1 aliphatic rings. The molecule has 0 saturated heterocycles. The lowest BCUT2D eigenvalue weighted by atomic mass is 9.99. The van der Waals surface area contributed by atoms with Crippen molar-refractivity contribution in [1.82, 2.24) is 19.9 Å². The van der Waals surface area contributed by atoms with Crippen molar-refractivity contribution in [3.8, 4) is 11.3 Å². The van der Waals surface area contributed by atoms with Gasteiger partial charge in [0.2, 0.25) is 0 Å². The van der Waals surface area contributed by atoms with Gasteiger partial charge >= 0.3 is 6.18 Å². The molecule has 1 aliphatic heterocycles. The second kappa shape index (κ2) is 7.87. The van der Waals surface area contributed by atoms with Gasteiger partial charge in [-0.15, -0.1) is 0 Å². The molecule has 0 amide bonds. The van der Waals surface area contributed by atoms with Gasteiger partial charge in [0.1, 0.15) is 12.1 Å². The van der Waals surface area contributed by atoms with Gasteiger partial charge in [-0.2, -0.15) is 13.2 Å². The zero-order valence-electron chi connectivity index (χ0n) is 17.3. The van der Waals surface area contributed by atoms with Crippen LogP contribution in [0, 0.1) is 0 Å². The highest BCUT2D eigenvalue weighted by molar-refractivity contribution is 5.93. The van der Waals surface area contributed by atoms with Crippen LogP contribution in [0.15, 0.2) is 61.1 Å². The lowest BCUT2D eigenvalue weighted by Gasteiger charge is -2.25. The van der Waals surface area contributed by atoms with Crippen molar-refractivity contribution in [2.24, 2.45) is 0 Å². The Bertz CT molecular complexity index is 1300. The first-order chi connectivity index (χ1) is 15.4. The van der Waals surface area contributed by atoms with Gasteiger partial charge < -0.3 is 10.2 Å². The second-order valence-electron chi connectivity index (χ2n) is 7.95. The van der Waals surface area contributed by atoms with Crippen molar-refractivity contribution >= 4 is 22.4 Å². The molecule has 2 aromatic carbocycles. The van der Waals surface area contributed by atoms with E-state index in [2.05, 4.69) is 44.3 Å². The number of fused-ring (bicyclic) bond motifs is 2. The number of alkyl halides is 3. The number of anilines is 2. The van der Waals surface area contributed by atoms with Gasteiger partial charge in [0.05, 0.1) is 16.8 Å². The number of nitrogens with one attached hydrogen (secondary N) is 1. The van der Waals surface area contributed by atoms with Crippen molar-refractivity contribution in [3.05, 3.63) is 77.7 Å². The molecule has 3 heterocycles. The molecule has 32 heavy (non-hydrogen) atoms. The smallest absolute Gasteiger partial charge is 0.340 e. The number of aromatic nitrogens is 3.